The summed E-state index contributed by atoms with van der Waals surface area (Å²) in [6.07, 6.45) is 2.56. The molecule has 0 aliphatic carbocycles. The normalized spacial score (nSPS) is 17.4. The van der Waals surface area contributed by atoms with Gasteiger partial charge >= 0.3 is 0 Å². The molecule has 0 spiro atoms. The van der Waals surface area contributed by atoms with E-state index in [4.69, 9.17) is 14.2 Å². The average molecular weight is 464 g/mol. The molecule has 0 saturated carbocycles. The zero-order valence-corrected chi connectivity index (χ0v) is 19.2. The summed E-state index contributed by atoms with van der Waals surface area (Å²) in [5, 5.41) is 14.9. The average Bonchev–Trinajstić information content (AvgIpc) is 2.88. The summed E-state index contributed by atoms with van der Waals surface area (Å²) in [4.78, 5) is 19.4. The molecule has 8 nitrogen and oxygen atoms in total. The number of methoxy groups -OCH3 is 1. The molecule has 2 aliphatic rings. The van der Waals surface area contributed by atoms with Crippen LogP contribution in [-0.4, -0.2) is 60.9 Å². The van der Waals surface area contributed by atoms with E-state index in [0.717, 1.165) is 48.1 Å². The van der Waals surface area contributed by atoms with Gasteiger partial charge in [0.25, 0.3) is 0 Å². The second kappa shape index (κ2) is 9.87. The van der Waals surface area contributed by atoms with E-state index in [-0.39, 0.29) is 11.8 Å². The minimum absolute atomic E-state index is 0.0177. The van der Waals surface area contributed by atoms with Crippen molar-refractivity contribution in [2.45, 2.75) is 18.9 Å². The lowest BCUT2D eigenvalue weighted by Gasteiger charge is -2.32. The van der Waals surface area contributed by atoms with Crippen LogP contribution in [0.2, 0.25) is 0 Å². The van der Waals surface area contributed by atoms with Crippen molar-refractivity contribution in [2.24, 2.45) is 5.92 Å². The van der Waals surface area contributed by atoms with Gasteiger partial charge in [0.1, 0.15) is 19.0 Å². The van der Waals surface area contributed by atoms with E-state index in [2.05, 4.69) is 15.2 Å². The second-order valence-electron chi connectivity index (χ2n) is 8.72. The fourth-order valence-electron chi connectivity index (χ4n) is 4.65. The summed E-state index contributed by atoms with van der Waals surface area (Å²) >= 11 is 0. The van der Waals surface area contributed by atoms with Crippen LogP contribution in [0.15, 0.2) is 48.7 Å². The second-order valence-corrected chi connectivity index (χ2v) is 8.72. The lowest BCUT2D eigenvalue weighted by molar-refractivity contribution is -0.121. The number of pyridine rings is 1. The Morgan fingerprint density at radius 2 is 1.94 bits per heavy atom. The Labute approximate surface area is 198 Å². The Morgan fingerprint density at radius 1 is 1.15 bits per heavy atom. The van der Waals surface area contributed by atoms with Crippen LogP contribution in [0.4, 0.5) is 5.69 Å². The third kappa shape index (κ3) is 4.78. The number of aliphatic hydroxyl groups is 1. The maximum atomic E-state index is 12.8. The van der Waals surface area contributed by atoms with E-state index < -0.39 is 6.10 Å². The molecule has 2 aromatic carbocycles. The van der Waals surface area contributed by atoms with Gasteiger partial charge in [0.15, 0.2) is 11.5 Å². The van der Waals surface area contributed by atoms with Gasteiger partial charge in [-0.1, -0.05) is 0 Å². The maximum Gasteiger partial charge on any atom is 0.227 e. The zero-order chi connectivity index (χ0) is 23.5. The van der Waals surface area contributed by atoms with Crippen molar-refractivity contribution in [2.75, 3.05) is 45.3 Å². The number of ether oxygens (including phenoxy) is 3. The van der Waals surface area contributed by atoms with E-state index in [1.54, 1.807) is 13.3 Å². The SMILES string of the molecule is COc1ccc2nccc([C@H](O)CN3CCC(C(=O)Nc4ccc5c(c4)OCCO5)CC3)c2c1. The molecule has 178 valence electrons. The fourth-order valence-corrected chi connectivity index (χ4v) is 4.65. The molecule has 2 aliphatic heterocycles. The fraction of sp³-hybridized carbons (Fsp3) is 0.385. The Bertz CT molecular complexity index is 1180. The minimum Gasteiger partial charge on any atom is -0.497 e. The monoisotopic (exact) mass is 463 g/mol. The highest BCUT2D eigenvalue weighted by Gasteiger charge is 2.27. The first-order chi connectivity index (χ1) is 16.6. The number of likely N-dealkylation sites (tertiary alicyclic amines) is 1. The quantitative estimate of drug-likeness (QED) is 0.579. The molecule has 1 amide bonds. The number of aliphatic hydroxyl groups excluding tert-OH is 1. The number of β-amino-alcohol motifs (C(OH)–C–C–N with tert-alkyl or cyclic N) is 1. The minimum atomic E-state index is -0.652. The molecule has 3 heterocycles. The van der Waals surface area contributed by atoms with Crippen molar-refractivity contribution in [3.63, 3.8) is 0 Å². The van der Waals surface area contributed by atoms with E-state index in [0.29, 0.717) is 36.9 Å². The number of carbonyl (C=O) groups excluding carboxylic acids is 1. The lowest BCUT2D eigenvalue weighted by Crippen LogP contribution is -2.40. The van der Waals surface area contributed by atoms with Crippen LogP contribution >= 0.6 is 0 Å². The molecule has 3 aromatic rings. The largest absolute Gasteiger partial charge is 0.497 e. The molecule has 34 heavy (non-hydrogen) atoms. The van der Waals surface area contributed by atoms with Crippen molar-refractivity contribution in [3.8, 4) is 17.2 Å². The standard InChI is InChI=1S/C26H29N3O5/c1-32-19-3-4-22-21(15-19)20(6-9-27-22)23(30)16-29-10-7-17(8-11-29)26(31)28-18-2-5-24-25(14-18)34-13-12-33-24/h2-6,9,14-15,17,23,30H,7-8,10-13,16H2,1H3,(H,28,31)/t23-/m1/s1. The number of fused-ring (bicyclic) bond motifs is 2. The summed E-state index contributed by atoms with van der Waals surface area (Å²) in [5.74, 6) is 2.06. The van der Waals surface area contributed by atoms with Gasteiger partial charge in [-0.25, -0.2) is 0 Å². The van der Waals surface area contributed by atoms with E-state index >= 15 is 0 Å². The van der Waals surface area contributed by atoms with Crippen LogP contribution < -0.4 is 19.5 Å². The number of rotatable bonds is 6. The first-order valence-corrected chi connectivity index (χ1v) is 11.6. The highest BCUT2D eigenvalue weighted by Crippen LogP contribution is 2.33. The van der Waals surface area contributed by atoms with Gasteiger partial charge in [-0.3, -0.25) is 9.78 Å². The molecule has 8 heteroatoms. The Balaban J connectivity index is 1.17. The van der Waals surface area contributed by atoms with Crippen molar-refractivity contribution in [1.29, 1.82) is 0 Å². The topological polar surface area (TPSA) is 93.2 Å². The van der Waals surface area contributed by atoms with Gasteiger partial charge in [0.05, 0.1) is 18.7 Å². The third-order valence-electron chi connectivity index (χ3n) is 6.54. The predicted molar refractivity (Wildman–Crippen MR) is 128 cm³/mol. The van der Waals surface area contributed by atoms with Crippen LogP contribution in [0.3, 0.4) is 0 Å². The number of nitrogens with zero attached hydrogens (tertiary/aromatic N) is 2. The third-order valence-corrected chi connectivity index (χ3v) is 6.54. The van der Waals surface area contributed by atoms with E-state index in [1.165, 1.54) is 0 Å². The number of hydrogen-bond donors (Lipinski definition) is 2. The molecular formula is C26H29N3O5. The highest BCUT2D eigenvalue weighted by molar-refractivity contribution is 5.93. The smallest absolute Gasteiger partial charge is 0.227 e. The molecule has 1 saturated heterocycles. The van der Waals surface area contributed by atoms with Gasteiger partial charge in [0, 0.05) is 35.8 Å². The van der Waals surface area contributed by atoms with Crippen molar-refractivity contribution in [1.82, 2.24) is 9.88 Å². The summed E-state index contributed by atoms with van der Waals surface area (Å²) < 4.78 is 16.5. The molecular weight excluding hydrogens is 434 g/mol. The number of amides is 1. The first kappa shape index (κ1) is 22.4. The van der Waals surface area contributed by atoms with Gasteiger partial charge in [-0.15, -0.1) is 0 Å². The van der Waals surface area contributed by atoms with Crippen molar-refractivity contribution < 1.29 is 24.1 Å². The summed E-state index contributed by atoms with van der Waals surface area (Å²) in [7, 11) is 1.63. The molecule has 0 bridgehead atoms. The lowest BCUT2D eigenvalue weighted by atomic mass is 9.95. The molecule has 2 N–H and O–H groups in total. The molecule has 1 fully saturated rings. The van der Waals surface area contributed by atoms with Gasteiger partial charge < -0.3 is 29.5 Å². The van der Waals surface area contributed by atoms with Crippen LogP contribution in [0, 0.1) is 5.92 Å². The summed E-state index contributed by atoms with van der Waals surface area (Å²) in [5.41, 5.74) is 2.38. The first-order valence-electron chi connectivity index (χ1n) is 11.6. The Morgan fingerprint density at radius 3 is 2.74 bits per heavy atom. The number of benzene rings is 2. The van der Waals surface area contributed by atoms with Crippen molar-refractivity contribution in [3.05, 3.63) is 54.2 Å². The number of aromatic nitrogens is 1. The van der Waals surface area contributed by atoms with Crippen LogP contribution in [0.5, 0.6) is 17.2 Å². The number of anilines is 1. The van der Waals surface area contributed by atoms with Crippen molar-refractivity contribution >= 4 is 22.5 Å². The van der Waals surface area contributed by atoms with Crippen LogP contribution in [-0.2, 0) is 4.79 Å². The number of carbonyl (C=O) groups is 1. The van der Waals surface area contributed by atoms with E-state index in [1.807, 2.05) is 42.5 Å². The maximum absolute atomic E-state index is 12.8. The summed E-state index contributed by atoms with van der Waals surface area (Å²) in [6, 6.07) is 13.0. The summed E-state index contributed by atoms with van der Waals surface area (Å²) in [6.45, 7) is 3.06. The highest BCUT2D eigenvalue weighted by atomic mass is 16.6. The van der Waals surface area contributed by atoms with Crippen LogP contribution in [0.25, 0.3) is 10.9 Å². The molecule has 1 aromatic heterocycles. The van der Waals surface area contributed by atoms with Gasteiger partial charge in [0.2, 0.25) is 5.91 Å². The predicted octanol–water partition coefficient (Wildman–Crippen LogP) is 3.40. The van der Waals surface area contributed by atoms with Gasteiger partial charge in [-0.2, -0.15) is 0 Å². The number of hydrogen-bond acceptors (Lipinski definition) is 7. The zero-order valence-electron chi connectivity index (χ0n) is 19.2. The van der Waals surface area contributed by atoms with E-state index in [9.17, 15) is 9.90 Å². The molecule has 1 atom stereocenters. The number of piperidine rings is 1. The Hall–Kier alpha value is -3.36. The van der Waals surface area contributed by atoms with Crippen LogP contribution in [0.1, 0.15) is 24.5 Å². The molecule has 0 unspecified atom stereocenters. The molecule has 0 radical (unpaired) electrons. The Kier molecular flexibility index (Phi) is 6.51. The number of nitrogens with one attached hydrogen (secondary N) is 1. The van der Waals surface area contributed by atoms with Gasteiger partial charge in [-0.05, 0) is 67.9 Å². The molecule has 5 rings (SSSR count).